The van der Waals surface area contributed by atoms with Crippen LogP contribution in [0.5, 0.6) is 0 Å². The molecular weight excluding hydrogens is 254 g/mol. The predicted molar refractivity (Wildman–Crippen MR) is 93.5 cm³/mol. The number of hydrogen-bond donors (Lipinski definition) is 1. The van der Waals surface area contributed by atoms with E-state index >= 15 is 0 Å². The van der Waals surface area contributed by atoms with Gasteiger partial charge < -0.3 is 5.32 Å². The largest absolute Gasteiger partial charge is 0.312 e. The highest BCUT2D eigenvalue weighted by Crippen LogP contribution is 2.43. The Balaban J connectivity index is 1.98. The van der Waals surface area contributed by atoms with Crippen molar-refractivity contribution in [1.82, 2.24) is 5.32 Å². The van der Waals surface area contributed by atoms with Gasteiger partial charge in [0.25, 0.3) is 0 Å². The second-order valence-corrected chi connectivity index (χ2v) is 9.22. The molecule has 0 aromatic carbocycles. The van der Waals surface area contributed by atoms with E-state index in [0.29, 0.717) is 0 Å². The molecule has 0 bridgehead atoms. The van der Waals surface area contributed by atoms with Crippen LogP contribution in [-0.4, -0.2) is 12.1 Å². The Morgan fingerprint density at radius 2 is 1.57 bits per heavy atom. The maximum atomic E-state index is 3.81. The lowest BCUT2D eigenvalue weighted by Crippen LogP contribution is -2.42. The molecule has 5 unspecified atom stereocenters. The minimum atomic E-state index is 0.269. The van der Waals surface area contributed by atoms with Gasteiger partial charge in [0, 0.05) is 5.54 Å². The third-order valence-electron chi connectivity index (χ3n) is 6.36. The van der Waals surface area contributed by atoms with Crippen molar-refractivity contribution in [1.29, 1.82) is 0 Å². The van der Waals surface area contributed by atoms with Crippen molar-refractivity contribution in [3.8, 4) is 0 Å². The molecule has 1 N–H and O–H groups in total. The van der Waals surface area contributed by atoms with Crippen LogP contribution in [0.15, 0.2) is 0 Å². The summed E-state index contributed by atoms with van der Waals surface area (Å²) in [6, 6.07) is 0. The fourth-order valence-electron chi connectivity index (χ4n) is 4.70. The van der Waals surface area contributed by atoms with Gasteiger partial charge >= 0.3 is 0 Å². The van der Waals surface area contributed by atoms with Gasteiger partial charge in [0.15, 0.2) is 0 Å². The van der Waals surface area contributed by atoms with Crippen LogP contribution in [0.2, 0.25) is 0 Å². The Morgan fingerprint density at radius 1 is 0.857 bits per heavy atom. The fourth-order valence-corrected chi connectivity index (χ4v) is 4.70. The van der Waals surface area contributed by atoms with Crippen molar-refractivity contribution in [3.05, 3.63) is 0 Å². The first-order valence-electron chi connectivity index (χ1n) is 9.62. The average molecular weight is 294 g/mol. The minimum absolute atomic E-state index is 0.269. The van der Waals surface area contributed by atoms with Gasteiger partial charge in [-0.15, -0.1) is 0 Å². The van der Waals surface area contributed by atoms with E-state index in [9.17, 15) is 0 Å². The Kier molecular flexibility index (Phi) is 6.17. The lowest BCUT2D eigenvalue weighted by molar-refractivity contribution is 0.109. The van der Waals surface area contributed by atoms with Crippen molar-refractivity contribution in [2.75, 3.05) is 6.54 Å². The lowest BCUT2D eigenvalue weighted by atomic mass is 9.67. The van der Waals surface area contributed by atoms with Gasteiger partial charge in [-0.3, -0.25) is 0 Å². The van der Waals surface area contributed by atoms with Crippen molar-refractivity contribution in [2.45, 2.75) is 91.5 Å². The van der Waals surface area contributed by atoms with Crippen LogP contribution in [0, 0.1) is 29.6 Å². The molecule has 2 aliphatic carbocycles. The van der Waals surface area contributed by atoms with Crippen molar-refractivity contribution >= 4 is 0 Å². The summed E-state index contributed by atoms with van der Waals surface area (Å²) in [5, 5.41) is 3.81. The van der Waals surface area contributed by atoms with E-state index in [1.807, 2.05) is 0 Å². The van der Waals surface area contributed by atoms with Crippen LogP contribution in [0.3, 0.4) is 0 Å². The zero-order valence-electron chi connectivity index (χ0n) is 15.3. The molecule has 124 valence electrons. The topological polar surface area (TPSA) is 12.0 Å². The van der Waals surface area contributed by atoms with E-state index in [1.165, 1.54) is 57.9 Å². The van der Waals surface area contributed by atoms with E-state index < -0.39 is 0 Å². The molecule has 0 spiro atoms. The Bertz CT molecular complexity index is 303. The van der Waals surface area contributed by atoms with Crippen LogP contribution in [0.1, 0.15) is 86.0 Å². The standard InChI is InChI=1S/C20H39N/c1-15-11-12-17(13-16(15)2)19-10-8-6-7-9-18(19)14-21-20(3,4)5/h15-19,21H,6-14H2,1-5H3. The molecule has 1 nitrogen and oxygen atoms in total. The van der Waals surface area contributed by atoms with Crippen molar-refractivity contribution < 1.29 is 0 Å². The molecule has 0 saturated heterocycles. The van der Waals surface area contributed by atoms with Crippen molar-refractivity contribution in [3.63, 3.8) is 0 Å². The van der Waals surface area contributed by atoms with Gasteiger partial charge in [-0.25, -0.2) is 0 Å². The second kappa shape index (κ2) is 7.49. The summed E-state index contributed by atoms with van der Waals surface area (Å²) in [5.41, 5.74) is 0.269. The molecule has 2 fully saturated rings. The third-order valence-corrected chi connectivity index (χ3v) is 6.36. The van der Waals surface area contributed by atoms with Crippen molar-refractivity contribution in [2.24, 2.45) is 29.6 Å². The number of nitrogens with one attached hydrogen (secondary N) is 1. The van der Waals surface area contributed by atoms with Crippen LogP contribution < -0.4 is 5.32 Å². The lowest BCUT2D eigenvalue weighted by Gasteiger charge is -2.40. The van der Waals surface area contributed by atoms with Gasteiger partial charge in [-0.1, -0.05) is 39.5 Å². The van der Waals surface area contributed by atoms with Gasteiger partial charge in [0.1, 0.15) is 0 Å². The summed E-state index contributed by atoms with van der Waals surface area (Å²) < 4.78 is 0. The van der Waals surface area contributed by atoms with E-state index in [-0.39, 0.29) is 5.54 Å². The molecule has 5 atom stereocenters. The first kappa shape index (κ1) is 17.3. The fraction of sp³-hybridized carbons (Fsp3) is 1.00. The van der Waals surface area contributed by atoms with Gasteiger partial charge in [-0.2, -0.15) is 0 Å². The predicted octanol–water partition coefficient (Wildman–Crippen LogP) is 5.64. The second-order valence-electron chi connectivity index (χ2n) is 9.22. The van der Waals surface area contributed by atoms with E-state index in [0.717, 1.165) is 29.6 Å². The first-order valence-corrected chi connectivity index (χ1v) is 9.62. The summed E-state index contributed by atoms with van der Waals surface area (Å²) in [6.07, 6.45) is 11.9. The molecule has 0 heterocycles. The summed E-state index contributed by atoms with van der Waals surface area (Å²) in [5.74, 6) is 4.84. The maximum Gasteiger partial charge on any atom is 0.00966 e. The van der Waals surface area contributed by atoms with E-state index in [4.69, 9.17) is 0 Å². The summed E-state index contributed by atoms with van der Waals surface area (Å²) >= 11 is 0. The Labute approximate surface area is 133 Å². The summed E-state index contributed by atoms with van der Waals surface area (Å²) in [6.45, 7) is 13.1. The highest BCUT2D eigenvalue weighted by Gasteiger charge is 2.35. The van der Waals surface area contributed by atoms with Gasteiger partial charge in [0.2, 0.25) is 0 Å². The molecule has 0 radical (unpaired) electrons. The van der Waals surface area contributed by atoms with Crippen LogP contribution in [0.4, 0.5) is 0 Å². The number of hydrogen-bond acceptors (Lipinski definition) is 1. The van der Waals surface area contributed by atoms with E-state index in [1.54, 1.807) is 0 Å². The third kappa shape index (κ3) is 5.27. The van der Waals surface area contributed by atoms with E-state index in [2.05, 4.69) is 39.9 Å². The maximum absolute atomic E-state index is 3.81. The summed E-state index contributed by atoms with van der Waals surface area (Å²) in [7, 11) is 0. The zero-order chi connectivity index (χ0) is 15.5. The quantitative estimate of drug-likeness (QED) is 0.664. The average Bonchev–Trinajstić information content (AvgIpc) is 2.64. The first-order chi connectivity index (χ1) is 9.87. The molecule has 21 heavy (non-hydrogen) atoms. The number of rotatable bonds is 3. The molecule has 1 heteroatoms. The molecule has 2 saturated carbocycles. The van der Waals surface area contributed by atoms with Gasteiger partial charge in [0.05, 0.1) is 0 Å². The molecule has 0 amide bonds. The highest BCUT2D eigenvalue weighted by molar-refractivity contribution is 4.87. The molecular formula is C20H39N. The molecule has 2 aliphatic rings. The highest BCUT2D eigenvalue weighted by atomic mass is 14.9. The monoisotopic (exact) mass is 293 g/mol. The Morgan fingerprint density at radius 3 is 2.24 bits per heavy atom. The molecule has 0 aromatic rings. The SMILES string of the molecule is CC1CCC(C2CCCCCC2CNC(C)(C)C)CC1C. The Hall–Kier alpha value is -0.0400. The minimum Gasteiger partial charge on any atom is -0.312 e. The normalized spacial score (nSPS) is 39.0. The summed E-state index contributed by atoms with van der Waals surface area (Å²) in [4.78, 5) is 0. The zero-order valence-corrected chi connectivity index (χ0v) is 15.3. The molecule has 2 rings (SSSR count). The molecule has 0 aromatic heterocycles. The smallest absolute Gasteiger partial charge is 0.00966 e. The van der Waals surface area contributed by atoms with Crippen LogP contribution in [0.25, 0.3) is 0 Å². The molecule has 0 aliphatic heterocycles. The van der Waals surface area contributed by atoms with Crippen LogP contribution in [-0.2, 0) is 0 Å². The van der Waals surface area contributed by atoms with Crippen LogP contribution >= 0.6 is 0 Å². The van der Waals surface area contributed by atoms with Gasteiger partial charge in [-0.05, 0) is 82.6 Å².